The highest BCUT2D eigenvalue weighted by atomic mass is 35.5. The van der Waals surface area contributed by atoms with Crippen LogP contribution in [0.25, 0.3) is 16.2 Å². The summed E-state index contributed by atoms with van der Waals surface area (Å²) in [7, 11) is 0. The summed E-state index contributed by atoms with van der Waals surface area (Å²) in [5, 5.41) is 12.0. The normalized spacial score (nSPS) is 11.8. The van der Waals surface area contributed by atoms with E-state index in [9.17, 15) is 22.4 Å². The maximum Gasteiger partial charge on any atom is 0.433 e. The molecule has 0 aliphatic rings. The van der Waals surface area contributed by atoms with Gasteiger partial charge in [-0.3, -0.25) is 9.48 Å². The van der Waals surface area contributed by atoms with Gasteiger partial charge in [-0.2, -0.15) is 23.4 Å². The standard InChI is InChI=1S/C22H12Cl2F4N6OS/c23-13-8-12(25)4-3-11(13)10-33-6-5-17(31-33)30-21(35)19-18(24)20-29-14(15-2-1-7-36-15)9-16(22(26,27)28)34(20)32-19/h1-9H,10H2,(H,30,31,35). The lowest BCUT2D eigenvalue weighted by molar-refractivity contribution is -0.142. The van der Waals surface area contributed by atoms with E-state index in [1.165, 1.54) is 46.5 Å². The fourth-order valence-electron chi connectivity index (χ4n) is 3.41. The zero-order valence-electron chi connectivity index (χ0n) is 17.7. The number of thiophene rings is 1. The molecule has 184 valence electrons. The summed E-state index contributed by atoms with van der Waals surface area (Å²) in [4.78, 5) is 17.6. The van der Waals surface area contributed by atoms with Crippen LogP contribution in [0, 0.1) is 5.82 Å². The summed E-state index contributed by atoms with van der Waals surface area (Å²) in [5.41, 5.74) is -1.24. The van der Waals surface area contributed by atoms with Crippen molar-refractivity contribution in [2.75, 3.05) is 5.32 Å². The monoisotopic (exact) mass is 554 g/mol. The lowest BCUT2D eigenvalue weighted by Gasteiger charge is -2.10. The van der Waals surface area contributed by atoms with E-state index in [0.29, 0.717) is 15.0 Å². The molecule has 0 spiro atoms. The first-order valence-corrected chi connectivity index (χ1v) is 11.7. The molecule has 0 atom stereocenters. The van der Waals surface area contributed by atoms with Crippen molar-refractivity contribution < 1.29 is 22.4 Å². The summed E-state index contributed by atoms with van der Waals surface area (Å²) < 4.78 is 56.6. The van der Waals surface area contributed by atoms with Crippen LogP contribution in [0.1, 0.15) is 21.7 Å². The smallest absolute Gasteiger partial charge is 0.304 e. The summed E-state index contributed by atoms with van der Waals surface area (Å²) >= 11 is 13.5. The van der Waals surface area contributed by atoms with Gasteiger partial charge in [-0.15, -0.1) is 11.3 Å². The Morgan fingerprint density at radius 1 is 1.11 bits per heavy atom. The third-order valence-electron chi connectivity index (χ3n) is 5.04. The molecule has 1 aromatic carbocycles. The summed E-state index contributed by atoms with van der Waals surface area (Å²) in [6, 6.07) is 9.55. The van der Waals surface area contributed by atoms with Crippen molar-refractivity contribution in [2.45, 2.75) is 12.7 Å². The van der Waals surface area contributed by atoms with Crippen LogP contribution >= 0.6 is 34.5 Å². The van der Waals surface area contributed by atoms with Gasteiger partial charge in [0.25, 0.3) is 5.91 Å². The highest BCUT2D eigenvalue weighted by Crippen LogP contribution is 2.35. The van der Waals surface area contributed by atoms with Crippen molar-refractivity contribution >= 4 is 51.9 Å². The minimum Gasteiger partial charge on any atom is -0.304 e. The quantitative estimate of drug-likeness (QED) is 0.254. The van der Waals surface area contributed by atoms with Crippen molar-refractivity contribution in [2.24, 2.45) is 0 Å². The van der Waals surface area contributed by atoms with Crippen LogP contribution in [0.2, 0.25) is 10.0 Å². The van der Waals surface area contributed by atoms with Gasteiger partial charge in [0.15, 0.2) is 22.9 Å². The van der Waals surface area contributed by atoms with E-state index in [0.717, 1.165) is 6.07 Å². The molecule has 0 saturated carbocycles. The van der Waals surface area contributed by atoms with Gasteiger partial charge >= 0.3 is 6.18 Å². The molecule has 0 unspecified atom stereocenters. The second kappa shape index (κ2) is 9.19. The number of hydrogen-bond donors (Lipinski definition) is 1. The Morgan fingerprint density at radius 2 is 1.92 bits per heavy atom. The van der Waals surface area contributed by atoms with Crippen molar-refractivity contribution in [3.05, 3.63) is 86.9 Å². The van der Waals surface area contributed by atoms with Crippen molar-refractivity contribution in [3.63, 3.8) is 0 Å². The van der Waals surface area contributed by atoms with Crippen LogP contribution in [-0.4, -0.2) is 30.3 Å². The van der Waals surface area contributed by atoms with Gasteiger partial charge in [0.05, 0.1) is 17.1 Å². The number of benzene rings is 1. The van der Waals surface area contributed by atoms with Gasteiger partial charge < -0.3 is 5.32 Å². The van der Waals surface area contributed by atoms with E-state index >= 15 is 0 Å². The summed E-state index contributed by atoms with van der Waals surface area (Å²) in [6.07, 6.45) is -3.24. The highest BCUT2D eigenvalue weighted by Gasteiger charge is 2.37. The molecule has 36 heavy (non-hydrogen) atoms. The van der Waals surface area contributed by atoms with Gasteiger partial charge in [-0.25, -0.2) is 13.9 Å². The molecular weight excluding hydrogens is 543 g/mol. The molecule has 4 aromatic heterocycles. The maximum absolute atomic E-state index is 13.8. The van der Waals surface area contributed by atoms with Gasteiger partial charge in [0.2, 0.25) is 0 Å². The van der Waals surface area contributed by atoms with Crippen molar-refractivity contribution in [3.8, 4) is 10.6 Å². The molecule has 0 aliphatic heterocycles. The van der Waals surface area contributed by atoms with E-state index in [-0.39, 0.29) is 33.7 Å². The number of hydrogen-bond acceptors (Lipinski definition) is 5. The average Bonchev–Trinajstić information content (AvgIpc) is 3.56. The van der Waals surface area contributed by atoms with E-state index in [2.05, 4.69) is 20.5 Å². The van der Waals surface area contributed by atoms with Crippen LogP contribution < -0.4 is 5.32 Å². The summed E-state index contributed by atoms with van der Waals surface area (Å²) in [5.74, 6) is -1.26. The molecular formula is C22H12Cl2F4N6OS. The number of nitrogens with zero attached hydrogens (tertiary/aromatic N) is 5. The molecule has 1 N–H and O–H groups in total. The number of nitrogens with one attached hydrogen (secondary N) is 1. The Balaban J connectivity index is 1.45. The van der Waals surface area contributed by atoms with Gasteiger partial charge in [-0.1, -0.05) is 35.3 Å². The van der Waals surface area contributed by atoms with E-state index < -0.39 is 29.3 Å². The maximum atomic E-state index is 13.8. The van der Waals surface area contributed by atoms with E-state index in [1.807, 2.05) is 0 Å². The molecule has 1 amide bonds. The fraction of sp³-hybridized carbons (Fsp3) is 0.0909. The molecule has 0 aliphatic carbocycles. The number of anilines is 1. The van der Waals surface area contributed by atoms with Crippen LogP contribution in [0.3, 0.4) is 0 Å². The lowest BCUT2D eigenvalue weighted by Crippen LogP contribution is -2.16. The number of amides is 1. The fourth-order valence-corrected chi connectivity index (χ4v) is 4.56. The third kappa shape index (κ3) is 4.66. The number of aromatic nitrogens is 5. The molecule has 7 nitrogen and oxygen atoms in total. The van der Waals surface area contributed by atoms with Crippen molar-refractivity contribution in [1.82, 2.24) is 24.4 Å². The second-order valence-electron chi connectivity index (χ2n) is 7.49. The molecule has 14 heteroatoms. The highest BCUT2D eigenvalue weighted by molar-refractivity contribution is 7.13. The number of rotatable bonds is 5. The second-order valence-corrected chi connectivity index (χ2v) is 9.22. The van der Waals surface area contributed by atoms with Gasteiger partial charge in [0.1, 0.15) is 10.8 Å². The topological polar surface area (TPSA) is 77.1 Å². The SMILES string of the molecule is O=C(Nc1ccn(Cc2ccc(F)cc2Cl)n1)c1nn2c(C(F)(F)F)cc(-c3cccs3)nc2c1Cl. The number of fused-ring (bicyclic) bond motifs is 1. The van der Waals surface area contributed by atoms with Crippen molar-refractivity contribution in [1.29, 1.82) is 0 Å². The Bertz CT molecular complexity index is 1600. The van der Waals surface area contributed by atoms with Gasteiger partial charge in [-0.05, 0) is 35.2 Å². The Hall–Kier alpha value is -3.48. The van der Waals surface area contributed by atoms with Crippen LogP contribution in [0.5, 0.6) is 0 Å². The van der Waals surface area contributed by atoms with E-state index in [1.54, 1.807) is 17.5 Å². The first-order chi connectivity index (χ1) is 17.1. The molecule has 4 heterocycles. The van der Waals surface area contributed by atoms with E-state index in [4.69, 9.17) is 23.2 Å². The summed E-state index contributed by atoms with van der Waals surface area (Å²) in [6.45, 7) is 0.189. The molecule has 0 saturated heterocycles. The first-order valence-electron chi connectivity index (χ1n) is 10.1. The predicted octanol–water partition coefficient (Wildman–Crippen LogP) is 6.42. The van der Waals surface area contributed by atoms with Gasteiger partial charge in [0, 0.05) is 17.3 Å². The number of halogens is 6. The first kappa shape index (κ1) is 24.2. The molecule has 0 bridgehead atoms. The zero-order valence-corrected chi connectivity index (χ0v) is 20.1. The average molecular weight is 555 g/mol. The molecule has 0 radical (unpaired) electrons. The minimum absolute atomic E-state index is 0.0526. The molecule has 0 fully saturated rings. The minimum atomic E-state index is -4.78. The zero-order chi connectivity index (χ0) is 25.6. The lowest BCUT2D eigenvalue weighted by atomic mass is 10.2. The Kier molecular flexibility index (Phi) is 6.18. The molecule has 5 aromatic rings. The predicted molar refractivity (Wildman–Crippen MR) is 127 cm³/mol. The Labute approximate surface area is 213 Å². The number of alkyl halides is 3. The number of carbonyl (C=O) groups excluding carboxylic acids is 1. The largest absolute Gasteiger partial charge is 0.433 e. The van der Waals surface area contributed by atoms with Crippen LogP contribution in [0.4, 0.5) is 23.4 Å². The van der Waals surface area contributed by atoms with Crippen LogP contribution in [0.15, 0.2) is 54.0 Å². The Morgan fingerprint density at radius 3 is 2.61 bits per heavy atom. The van der Waals surface area contributed by atoms with Crippen LogP contribution in [-0.2, 0) is 12.7 Å². The third-order valence-corrected chi connectivity index (χ3v) is 6.63. The number of carbonyl (C=O) groups is 1. The molecule has 5 rings (SSSR count).